The molecule has 7 heteroatoms. The fourth-order valence-electron chi connectivity index (χ4n) is 2.47. The van der Waals surface area contributed by atoms with Crippen LogP contribution >= 0.6 is 11.8 Å². The van der Waals surface area contributed by atoms with Crippen LogP contribution in [0.3, 0.4) is 0 Å². The Hall–Kier alpha value is -1.57. The Morgan fingerprint density at radius 3 is 2.58 bits per heavy atom. The van der Waals surface area contributed by atoms with Gasteiger partial charge in [0, 0.05) is 31.3 Å². The maximum absolute atomic E-state index is 11.2. The highest BCUT2D eigenvalue weighted by Crippen LogP contribution is 2.32. The van der Waals surface area contributed by atoms with E-state index in [9.17, 15) is 14.7 Å². The van der Waals surface area contributed by atoms with Crippen LogP contribution in [0.4, 0.5) is 0 Å². The van der Waals surface area contributed by atoms with Crippen molar-refractivity contribution in [1.29, 1.82) is 0 Å². The van der Waals surface area contributed by atoms with E-state index in [-0.39, 0.29) is 11.9 Å². The molecule has 4 atom stereocenters. The van der Waals surface area contributed by atoms with Crippen LogP contribution in [0.15, 0.2) is 30.3 Å². The highest BCUT2D eigenvalue weighted by molar-refractivity contribution is 7.99. The second-order valence-electron chi connectivity index (χ2n) is 5.59. The molecule has 0 bridgehead atoms. The van der Waals surface area contributed by atoms with Gasteiger partial charge in [-0.2, -0.15) is 11.8 Å². The van der Waals surface area contributed by atoms with Crippen molar-refractivity contribution < 1.29 is 28.9 Å². The van der Waals surface area contributed by atoms with E-state index >= 15 is 0 Å². The van der Waals surface area contributed by atoms with Crippen molar-refractivity contribution in [3.8, 4) is 0 Å². The summed E-state index contributed by atoms with van der Waals surface area (Å²) in [7, 11) is 0. The minimum atomic E-state index is -1.22. The lowest BCUT2D eigenvalue weighted by Gasteiger charge is -2.38. The molecule has 6 nitrogen and oxygen atoms in total. The van der Waals surface area contributed by atoms with Crippen LogP contribution in [0.5, 0.6) is 0 Å². The molecule has 0 amide bonds. The number of thioether (sulfide) groups is 1. The molecule has 132 valence electrons. The molecule has 1 aromatic rings. The molecule has 0 spiro atoms. The number of hydrogen-bond acceptors (Lipinski definition) is 7. The molecule has 2 rings (SSSR count). The molecule has 0 saturated carbocycles. The summed E-state index contributed by atoms with van der Waals surface area (Å²) in [5.41, 5.74) is 1.16. The number of esters is 2. The van der Waals surface area contributed by atoms with E-state index in [0.29, 0.717) is 6.42 Å². The van der Waals surface area contributed by atoms with E-state index in [1.54, 1.807) is 11.8 Å². The minimum Gasteiger partial charge on any atom is -0.463 e. The third kappa shape index (κ3) is 5.81. The SMILES string of the molecule is CC(=O)OC[C@H]1O[C@H](O)[C@H](OC(C)=O)C[C@H]1SCc1ccccc1. The molecule has 1 saturated heterocycles. The maximum atomic E-state index is 11.2. The lowest BCUT2D eigenvalue weighted by atomic mass is 10.1. The Balaban J connectivity index is 2.01. The standard InChI is InChI=1S/C17H22O6S/c1-11(18)21-9-15-16(24-10-13-6-4-3-5-7-13)8-14(17(20)23-15)22-12(2)19/h3-7,14-17,20H,8-10H2,1-2H3/t14-,15-,16-,17+/m1/s1. The van der Waals surface area contributed by atoms with Crippen molar-refractivity contribution in [1.82, 2.24) is 0 Å². The number of hydrogen-bond donors (Lipinski definition) is 1. The Kier molecular flexibility index (Phi) is 7.08. The monoisotopic (exact) mass is 354 g/mol. The van der Waals surface area contributed by atoms with Crippen LogP contribution in [-0.4, -0.2) is 47.4 Å². The molecular weight excluding hydrogens is 332 g/mol. The summed E-state index contributed by atoms with van der Waals surface area (Å²) in [5.74, 6) is -0.121. The minimum absolute atomic E-state index is 0.0612. The van der Waals surface area contributed by atoms with Crippen molar-refractivity contribution in [2.45, 2.75) is 49.8 Å². The molecular formula is C17H22O6S. The number of ether oxygens (including phenoxy) is 3. The van der Waals surface area contributed by atoms with E-state index in [0.717, 1.165) is 11.3 Å². The predicted molar refractivity (Wildman–Crippen MR) is 89.2 cm³/mol. The highest BCUT2D eigenvalue weighted by atomic mass is 32.2. The number of carbonyl (C=O) groups is 2. The zero-order chi connectivity index (χ0) is 17.5. The molecule has 1 aliphatic heterocycles. The molecule has 0 radical (unpaired) electrons. The Bertz CT molecular complexity index is 549. The van der Waals surface area contributed by atoms with Crippen LogP contribution in [-0.2, 0) is 29.6 Å². The van der Waals surface area contributed by atoms with E-state index in [2.05, 4.69) is 0 Å². The van der Waals surface area contributed by atoms with Crippen LogP contribution in [0.25, 0.3) is 0 Å². The quantitative estimate of drug-likeness (QED) is 0.781. The van der Waals surface area contributed by atoms with Gasteiger partial charge in [0.2, 0.25) is 0 Å². The van der Waals surface area contributed by atoms with Crippen LogP contribution < -0.4 is 0 Å². The van der Waals surface area contributed by atoms with Gasteiger partial charge in [0.1, 0.15) is 12.7 Å². The van der Waals surface area contributed by atoms with Crippen LogP contribution in [0.2, 0.25) is 0 Å². The zero-order valence-electron chi connectivity index (χ0n) is 13.7. The predicted octanol–water partition coefficient (Wildman–Crippen LogP) is 1.89. The average Bonchev–Trinajstić information content (AvgIpc) is 2.54. The third-order valence-electron chi connectivity index (χ3n) is 3.59. The van der Waals surface area contributed by atoms with Gasteiger partial charge in [0.15, 0.2) is 12.4 Å². The second-order valence-corrected chi connectivity index (χ2v) is 6.81. The van der Waals surface area contributed by atoms with Crippen molar-refractivity contribution >= 4 is 23.7 Å². The van der Waals surface area contributed by atoms with Gasteiger partial charge in [-0.25, -0.2) is 0 Å². The molecule has 1 heterocycles. The molecule has 1 N–H and O–H groups in total. The number of rotatable bonds is 6. The summed E-state index contributed by atoms with van der Waals surface area (Å²) in [6, 6.07) is 9.94. The van der Waals surface area contributed by atoms with Gasteiger partial charge in [-0.3, -0.25) is 9.59 Å². The zero-order valence-corrected chi connectivity index (χ0v) is 14.5. The Morgan fingerprint density at radius 1 is 1.25 bits per heavy atom. The molecule has 1 aromatic carbocycles. The average molecular weight is 354 g/mol. The molecule has 1 aliphatic rings. The van der Waals surface area contributed by atoms with Gasteiger partial charge < -0.3 is 19.3 Å². The first kappa shape index (κ1) is 18.8. The van der Waals surface area contributed by atoms with Gasteiger partial charge >= 0.3 is 11.9 Å². The Morgan fingerprint density at radius 2 is 1.96 bits per heavy atom. The largest absolute Gasteiger partial charge is 0.463 e. The summed E-state index contributed by atoms with van der Waals surface area (Å²) < 4.78 is 15.7. The van der Waals surface area contributed by atoms with Crippen molar-refractivity contribution in [2.24, 2.45) is 0 Å². The van der Waals surface area contributed by atoms with Crippen molar-refractivity contribution in [3.05, 3.63) is 35.9 Å². The molecule has 24 heavy (non-hydrogen) atoms. The topological polar surface area (TPSA) is 82.1 Å². The van der Waals surface area contributed by atoms with Crippen molar-refractivity contribution in [2.75, 3.05) is 6.61 Å². The van der Waals surface area contributed by atoms with Crippen molar-refractivity contribution in [3.63, 3.8) is 0 Å². The number of aliphatic hydroxyl groups is 1. The number of aliphatic hydroxyl groups excluding tert-OH is 1. The van der Waals surface area contributed by atoms with E-state index < -0.39 is 30.4 Å². The number of benzene rings is 1. The summed E-state index contributed by atoms with van der Waals surface area (Å²) in [4.78, 5) is 22.2. The fourth-order valence-corrected chi connectivity index (χ4v) is 3.75. The number of carbonyl (C=O) groups excluding carboxylic acids is 2. The lowest BCUT2D eigenvalue weighted by molar-refractivity contribution is -0.231. The van der Waals surface area contributed by atoms with E-state index in [4.69, 9.17) is 14.2 Å². The second kappa shape index (κ2) is 9.05. The molecule has 0 unspecified atom stereocenters. The van der Waals surface area contributed by atoms with Gasteiger partial charge in [0.05, 0.1) is 0 Å². The maximum Gasteiger partial charge on any atom is 0.303 e. The first-order valence-corrected chi connectivity index (χ1v) is 8.80. The fraction of sp³-hybridized carbons (Fsp3) is 0.529. The summed E-state index contributed by atoms with van der Waals surface area (Å²) in [6.07, 6.45) is -1.96. The van der Waals surface area contributed by atoms with Gasteiger partial charge in [0.25, 0.3) is 0 Å². The van der Waals surface area contributed by atoms with Gasteiger partial charge in [-0.1, -0.05) is 30.3 Å². The lowest BCUT2D eigenvalue weighted by Crippen LogP contribution is -2.49. The normalized spacial score (nSPS) is 26.6. The highest BCUT2D eigenvalue weighted by Gasteiger charge is 2.39. The summed E-state index contributed by atoms with van der Waals surface area (Å²) >= 11 is 1.62. The van der Waals surface area contributed by atoms with E-state index in [1.165, 1.54) is 13.8 Å². The van der Waals surface area contributed by atoms with Crippen LogP contribution in [0, 0.1) is 0 Å². The Labute approximate surface area is 145 Å². The molecule has 0 aromatic heterocycles. The summed E-state index contributed by atoms with van der Waals surface area (Å²) in [5, 5.41) is 9.94. The molecule has 1 fully saturated rings. The van der Waals surface area contributed by atoms with Gasteiger partial charge in [-0.05, 0) is 5.56 Å². The molecule has 0 aliphatic carbocycles. The van der Waals surface area contributed by atoms with Crippen LogP contribution in [0.1, 0.15) is 25.8 Å². The summed E-state index contributed by atoms with van der Waals surface area (Å²) in [6.45, 7) is 2.68. The first-order valence-electron chi connectivity index (χ1n) is 7.75. The third-order valence-corrected chi connectivity index (χ3v) is 5.01. The first-order chi connectivity index (χ1) is 11.5. The smallest absolute Gasteiger partial charge is 0.303 e. The van der Waals surface area contributed by atoms with Gasteiger partial charge in [-0.15, -0.1) is 0 Å². The van der Waals surface area contributed by atoms with E-state index in [1.807, 2.05) is 30.3 Å².